The average molecular weight is 308 g/mol. The fourth-order valence-corrected chi connectivity index (χ4v) is 4.24. The molecule has 0 unspecified atom stereocenters. The van der Waals surface area contributed by atoms with Crippen LogP contribution in [-0.4, -0.2) is 34.1 Å². The third-order valence-corrected chi connectivity index (χ3v) is 5.39. The average Bonchev–Trinajstić information content (AvgIpc) is 2.74. The van der Waals surface area contributed by atoms with Crippen molar-refractivity contribution in [1.29, 1.82) is 0 Å². The van der Waals surface area contributed by atoms with Gasteiger partial charge >= 0.3 is 0 Å². The number of carbonyl (C=O) groups excluding carboxylic acids is 2. The molecular formula is C19H20N2O2. The molecule has 23 heavy (non-hydrogen) atoms. The summed E-state index contributed by atoms with van der Waals surface area (Å²) in [4.78, 5) is 27.2. The summed E-state index contributed by atoms with van der Waals surface area (Å²) in [7, 11) is 3.92. The monoisotopic (exact) mass is 308 g/mol. The van der Waals surface area contributed by atoms with Crippen LogP contribution < -0.4 is 0 Å². The first-order valence-corrected chi connectivity index (χ1v) is 8.04. The Kier molecular flexibility index (Phi) is 2.98. The summed E-state index contributed by atoms with van der Waals surface area (Å²) in [5.74, 6) is 0.283. The Balaban J connectivity index is 2.06. The number of allylic oxidation sites excluding steroid dienone is 1. The lowest BCUT2D eigenvalue weighted by atomic mass is 9.82. The van der Waals surface area contributed by atoms with Gasteiger partial charge in [0.15, 0.2) is 11.6 Å². The maximum atomic E-state index is 12.9. The van der Waals surface area contributed by atoms with E-state index in [9.17, 15) is 9.59 Å². The molecule has 1 aromatic heterocycles. The van der Waals surface area contributed by atoms with Gasteiger partial charge in [-0.1, -0.05) is 18.2 Å². The van der Waals surface area contributed by atoms with Crippen LogP contribution in [0.3, 0.4) is 0 Å². The summed E-state index contributed by atoms with van der Waals surface area (Å²) in [6, 6.07) is 8.27. The molecule has 0 spiro atoms. The Bertz CT molecular complexity index is 875. The molecule has 0 fully saturated rings. The number of fused-ring (bicyclic) bond motifs is 6. The van der Waals surface area contributed by atoms with E-state index in [1.807, 2.05) is 48.0 Å². The molecule has 0 saturated carbocycles. The van der Waals surface area contributed by atoms with Gasteiger partial charge in [0.2, 0.25) is 0 Å². The second-order valence-electron chi connectivity index (χ2n) is 6.71. The van der Waals surface area contributed by atoms with E-state index in [-0.39, 0.29) is 23.5 Å². The van der Waals surface area contributed by atoms with Crippen molar-refractivity contribution < 1.29 is 9.59 Å². The number of aryl methyl sites for hydroxylation is 1. The van der Waals surface area contributed by atoms with E-state index in [1.165, 1.54) is 0 Å². The number of ketones is 2. The lowest BCUT2D eigenvalue weighted by Crippen LogP contribution is -2.35. The molecule has 2 aromatic rings. The zero-order valence-corrected chi connectivity index (χ0v) is 13.7. The van der Waals surface area contributed by atoms with Crippen molar-refractivity contribution in [2.45, 2.75) is 31.7 Å². The van der Waals surface area contributed by atoms with Crippen LogP contribution in [0.15, 0.2) is 36.0 Å². The fraction of sp³-hybridized carbons (Fsp3) is 0.368. The van der Waals surface area contributed by atoms with E-state index in [1.54, 1.807) is 6.92 Å². The predicted octanol–water partition coefficient (Wildman–Crippen LogP) is 3.03. The van der Waals surface area contributed by atoms with Crippen LogP contribution in [0, 0.1) is 0 Å². The summed E-state index contributed by atoms with van der Waals surface area (Å²) in [5.41, 5.74) is 3.70. The normalized spacial score (nSPS) is 23.5. The van der Waals surface area contributed by atoms with Crippen molar-refractivity contribution in [3.8, 4) is 0 Å². The molecule has 1 aliphatic carbocycles. The van der Waals surface area contributed by atoms with Crippen LogP contribution in [0.1, 0.15) is 41.7 Å². The van der Waals surface area contributed by atoms with Crippen molar-refractivity contribution in [2.75, 3.05) is 7.05 Å². The number of carbonyl (C=O) groups is 2. The number of aromatic nitrogens is 1. The van der Waals surface area contributed by atoms with Crippen molar-refractivity contribution in [3.05, 3.63) is 47.3 Å². The highest BCUT2D eigenvalue weighted by Crippen LogP contribution is 2.44. The second kappa shape index (κ2) is 4.82. The largest absolute Gasteiger partial charge is 0.377 e. The minimum absolute atomic E-state index is 0.0150. The summed E-state index contributed by atoms with van der Waals surface area (Å²) < 4.78 is 2.01. The summed E-state index contributed by atoms with van der Waals surface area (Å²) >= 11 is 0. The molecule has 2 heterocycles. The highest BCUT2D eigenvalue weighted by Gasteiger charge is 2.39. The quantitative estimate of drug-likeness (QED) is 0.813. The molecule has 4 heteroatoms. The summed E-state index contributed by atoms with van der Waals surface area (Å²) in [6.07, 6.45) is 3.28. The second-order valence-corrected chi connectivity index (χ2v) is 6.71. The van der Waals surface area contributed by atoms with Crippen LogP contribution >= 0.6 is 0 Å². The zero-order valence-electron chi connectivity index (χ0n) is 13.7. The molecule has 0 amide bonds. The highest BCUT2D eigenvalue weighted by molar-refractivity contribution is 6.06. The van der Waals surface area contributed by atoms with Gasteiger partial charge in [0.25, 0.3) is 0 Å². The van der Waals surface area contributed by atoms with Crippen molar-refractivity contribution in [3.63, 3.8) is 0 Å². The molecule has 0 N–H and O–H groups in total. The Morgan fingerprint density at radius 2 is 1.96 bits per heavy atom. The van der Waals surface area contributed by atoms with Gasteiger partial charge in [-0.15, -0.1) is 0 Å². The topological polar surface area (TPSA) is 42.3 Å². The number of Topliss-reactive ketones (excluding diaryl/α,β-unsaturated/α-hetero) is 2. The molecular weight excluding hydrogens is 288 g/mol. The summed E-state index contributed by atoms with van der Waals surface area (Å²) in [6.45, 7) is 1.62. The molecule has 2 bridgehead atoms. The number of rotatable bonds is 1. The molecule has 1 aliphatic heterocycles. The fourth-order valence-electron chi connectivity index (χ4n) is 4.24. The van der Waals surface area contributed by atoms with Gasteiger partial charge in [0, 0.05) is 55.2 Å². The minimum Gasteiger partial charge on any atom is -0.377 e. The van der Waals surface area contributed by atoms with E-state index < -0.39 is 0 Å². The van der Waals surface area contributed by atoms with Crippen LogP contribution in [0.4, 0.5) is 0 Å². The molecule has 118 valence electrons. The first-order chi connectivity index (χ1) is 11.0. The lowest BCUT2D eigenvalue weighted by Gasteiger charge is -2.34. The molecule has 4 rings (SSSR count). The van der Waals surface area contributed by atoms with Crippen LogP contribution in [0.2, 0.25) is 0 Å². The van der Waals surface area contributed by atoms with Gasteiger partial charge in [0.1, 0.15) is 0 Å². The van der Waals surface area contributed by atoms with E-state index in [0.717, 1.165) is 34.2 Å². The number of hydrogen-bond acceptors (Lipinski definition) is 3. The lowest BCUT2D eigenvalue weighted by molar-refractivity contribution is -0.114. The molecule has 0 saturated heterocycles. The van der Waals surface area contributed by atoms with Gasteiger partial charge in [-0.25, -0.2) is 0 Å². The maximum Gasteiger partial charge on any atom is 0.181 e. The van der Waals surface area contributed by atoms with Gasteiger partial charge < -0.3 is 9.47 Å². The third-order valence-electron chi connectivity index (χ3n) is 5.39. The SMILES string of the molecule is CC(=O)C1=CN(C)[C@@H]2CC(=O)c3c(c4ccccc4n3C)[C@H]1C2. The van der Waals surface area contributed by atoms with Crippen LogP contribution in [0.5, 0.6) is 0 Å². The molecule has 4 nitrogen and oxygen atoms in total. The van der Waals surface area contributed by atoms with Crippen LogP contribution in [0.25, 0.3) is 10.9 Å². The predicted molar refractivity (Wildman–Crippen MR) is 89.5 cm³/mol. The van der Waals surface area contributed by atoms with E-state index in [4.69, 9.17) is 0 Å². The Morgan fingerprint density at radius 3 is 2.70 bits per heavy atom. The molecule has 2 atom stereocenters. The number of benzene rings is 1. The summed E-state index contributed by atoms with van der Waals surface area (Å²) in [5, 5.41) is 1.10. The Morgan fingerprint density at radius 1 is 1.22 bits per heavy atom. The van der Waals surface area contributed by atoms with Gasteiger partial charge in [0.05, 0.1) is 5.69 Å². The Labute approximate surface area is 135 Å². The van der Waals surface area contributed by atoms with Gasteiger partial charge in [-0.3, -0.25) is 9.59 Å². The highest BCUT2D eigenvalue weighted by atomic mass is 16.1. The number of nitrogens with zero attached hydrogens (tertiary/aromatic N) is 2. The minimum atomic E-state index is 0.0150. The van der Waals surface area contributed by atoms with Crippen molar-refractivity contribution in [1.82, 2.24) is 9.47 Å². The van der Waals surface area contributed by atoms with Crippen molar-refractivity contribution >= 4 is 22.5 Å². The van der Waals surface area contributed by atoms with Crippen LogP contribution in [-0.2, 0) is 11.8 Å². The third kappa shape index (κ3) is 1.90. The maximum absolute atomic E-state index is 12.9. The van der Waals surface area contributed by atoms with Gasteiger partial charge in [-0.2, -0.15) is 0 Å². The number of para-hydroxylation sites is 1. The van der Waals surface area contributed by atoms with E-state index in [2.05, 4.69) is 6.07 Å². The first-order valence-electron chi connectivity index (χ1n) is 8.04. The molecule has 1 aromatic carbocycles. The standard InChI is InChI=1S/C19H20N2O2/c1-11(22)15-10-20(2)12-8-14(15)18-13-6-4-5-7-16(13)21(3)19(18)17(23)9-12/h4-7,10,12,14H,8-9H2,1-3H3/t12-,14-/m0/s1. The van der Waals surface area contributed by atoms with Crippen molar-refractivity contribution in [2.24, 2.45) is 7.05 Å². The zero-order chi connectivity index (χ0) is 16.3. The smallest absolute Gasteiger partial charge is 0.181 e. The van der Waals surface area contributed by atoms with Gasteiger partial charge in [-0.05, 0) is 25.0 Å². The van der Waals surface area contributed by atoms with E-state index in [0.29, 0.717) is 6.42 Å². The van der Waals surface area contributed by atoms with E-state index >= 15 is 0 Å². The molecule has 2 aliphatic rings. The molecule has 0 radical (unpaired) electrons. The first kappa shape index (κ1) is 14.2. The number of hydrogen-bond donors (Lipinski definition) is 0. The Hall–Kier alpha value is -2.36.